The summed E-state index contributed by atoms with van der Waals surface area (Å²) in [6.45, 7) is 5.31. The van der Waals surface area contributed by atoms with Crippen molar-refractivity contribution in [3.63, 3.8) is 0 Å². The number of nitrogens with one attached hydrogen (secondary N) is 2. The van der Waals surface area contributed by atoms with E-state index in [9.17, 15) is 9.59 Å². The molecule has 0 bridgehead atoms. The van der Waals surface area contributed by atoms with Crippen molar-refractivity contribution in [2.75, 3.05) is 19.8 Å². The van der Waals surface area contributed by atoms with Crippen molar-refractivity contribution < 1.29 is 14.3 Å². The summed E-state index contributed by atoms with van der Waals surface area (Å²) in [5.74, 6) is -0.220. The van der Waals surface area contributed by atoms with Gasteiger partial charge in [0.1, 0.15) is 0 Å². The number of amides is 2. The van der Waals surface area contributed by atoms with Crippen molar-refractivity contribution in [3.05, 3.63) is 35.9 Å². The molecule has 0 aliphatic rings. The van der Waals surface area contributed by atoms with Crippen LogP contribution in [-0.4, -0.2) is 31.6 Å². The van der Waals surface area contributed by atoms with E-state index in [1.165, 1.54) is 6.92 Å². The average molecular weight is 292 g/mol. The first-order chi connectivity index (χ1) is 10.1. The van der Waals surface area contributed by atoms with E-state index >= 15 is 0 Å². The highest BCUT2D eigenvalue weighted by molar-refractivity contribution is 5.79. The lowest BCUT2D eigenvalue weighted by Crippen LogP contribution is -2.33. The maximum Gasteiger partial charge on any atom is 0.222 e. The topological polar surface area (TPSA) is 67.4 Å². The van der Waals surface area contributed by atoms with Crippen LogP contribution in [0, 0.1) is 0 Å². The van der Waals surface area contributed by atoms with E-state index in [1.54, 1.807) is 0 Å². The second-order valence-corrected chi connectivity index (χ2v) is 4.77. The summed E-state index contributed by atoms with van der Waals surface area (Å²) in [7, 11) is 0. The van der Waals surface area contributed by atoms with E-state index < -0.39 is 0 Å². The Labute approximate surface area is 126 Å². The average Bonchev–Trinajstić information content (AvgIpc) is 2.47. The molecule has 0 aromatic heterocycles. The minimum Gasteiger partial charge on any atom is -0.382 e. The van der Waals surface area contributed by atoms with Gasteiger partial charge in [0, 0.05) is 26.7 Å². The molecular formula is C16H24N2O3. The number of benzene rings is 1. The molecule has 1 unspecified atom stereocenters. The predicted molar refractivity (Wildman–Crippen MR) is 81.7 cm³/mol. The smallest absolute Gasteiger partial charge is 0.222 e. The fourth-order valence-electron chi connectivity index (χ4n) is 1.99. The minimum atomic E-state index is -0.296. The van der Waals surface area contributed by atoms with Crippen LogP contribution >= 0.6 is 0 Å². The van der Waals surface area contributed by atoms with Crippen LogP contribution in [0.4, 0.5) is 0 Å². The maximum atomic E-state index is 11.9. The molecule has 116 valence electrons. The molecule has 0 radical (unpaired) electrons. The van der Waals surface area contributed by atoms with Gasteiger partial charge < -0.3 is 15.4 Å². The molecule has 21 heavy (non-hydrogen) atoms. The number of rotatable bonds is 9. The molecule has 0 aliphatic carbocycles. The number of ether oxygens (including phenoxy) is 1. The zero-order valence-electron chi connectivity index (χ0n) is 12.7. The molecular weight excluding hydrogens is 268 g/mol. The molecule has 1 rings (SSSR count). The normalized spacial score (nSPS) is 11.7. The Balaban J connectivity index is 2.45. The van der Waals surface area contributed by atoms with Crippen molar-refractivity contribution in [2.24, 2.45) is 0 Å². The Morgan fingerprint density at radius 1 is 1.24 bits per heavy atom. The summed E-state index contributed by atoms with van der Waals surface area (Å²) in [5, 5.41) is 5.66. The number of carbonyl (C=O) groups excluding carboxylic acids is 2. The lowest BCUT2D eigenvalue weighted by molar-refractivity contribution is -0.122. The SMILES string of the molecule is CCOCCCNC(=O)CC(NC(C)=O)c1ccccc1. The van der Waals surface area contributed by atoms with Crippen molar-refractivity contribution in [3.8, 4) is 0 Å². The van der Waals surface area contributed by atoms with Gasteiger partial charge in [-0.1, -0.05) is 30.3 Å². The molecule has 2 amide bonds. The van der Waals surface area contributed by atoms with Gasteiger partial charge in [0.2, 0.25) is 11.8 Å². The minimum absolute atomic E-state index is 0.0749. The van der Waals surface area contributed by atoms with E-state index in [2.05, 4.69) is 10.6 Å². The predicted octanol–water partition coefficient (Wildman–Crippen LogP) is 1.80. The van der Waals surface area contributed by atoms with Crippen LogP contribution in [0.2, 0.25) is 0 Å². The molecule has 0 saturated carbocycles. The third-order valence-corrected chi connectivity index (χ3v) is 2.96. The van der Waals surface area contributed by atoms with Crippen molar-refractivity contribution >= 4 is 11.8 Å². The van der Waals surface area contributed by atoms with Crippen LogP contribution in [0.1, 0.15) is 38.3 Å². The monoisotopic (exact) mass is 292 g/mol. The van der Waals surface area contributed by atoms with Gasteiger partial charge in [-0.2, -0.15) is 0 Å². The van der Waals surface area contributed by atoms with Crippen LogP contribution in [0.3, 0.4) is 0 Å². The quantitative estimate of drug-likeness (QED) is 0.682. The molecule has 1 aromatic carbocycles. The lowest BCUT2D eigenvalue weighted by Gasteiger charge is -2.18. The van der Waals surface area contributed by atoms with Gasteiger partial charge in [-0.05, 0) is 18.9 Å². The van der Waals surface area contributed by atoms with E-state index in [1.807, 2.05) is 37.3 Å². The standard InChI is InChI=1S/C16H24N2O3/c1-3-21-11-7-10-17-16(20)12-15(18-13(2)19)14-8-5-4-6-9-14/h4-6,8-9,15H,3,7,10-12H2,1-2H3,(H,17,20)(H,18,19). The van der Waals surface area contributed by atoms with Gasteiger partial charge in [0.15, 0.2) is 0 Å². The molecule has 1 aromatic rings. The van der Waals surface area contributed by atoms with E-state index in [0.29, 0.717) is 19.8 Å². The van der Waals surface area contributed by atoms with Gasteiger partial charge in [-0.25, -0.2) is 0 Å². The number of hydrogen-bond donors (Lipinski definition) is 2. The summed E-state index contributed by atoms with van der Waals surface area (Å²) in [5.41, 5.74) is 0.928. The largest absolute Gasteiger partial charge is 0.382 e. The van der Waals surface area contributed by atoms with Gasteiger partial charge in [-0.15, -0.1) is 0 Å². The molecule has 1 atom stereocenters. The summed E-state index contributed by atoms with van der Waals surface area (Å²) in [6, 6.07) is 9.21. The van der Waals surface area contributed by atoms with E-state index in [-0.39, 0.29) is 24.3 Å². The van der Waals surface area contributed by atoms with Crippen LogP contribution in [0.15, 0.2) is 30.3 Å². The fourth-order valence-corrected chi connectivity index (χ4v) is 1.99. The molecule has 0 fully saturated rings. The summed E-state index contributed by atoms with van der Waals surface area (Å²) in [6.07, 6.45) is 1.02. The third kappa shape index (κ3) is 7.46. The van der Waals surface area contributed by atoms with Crippen LogP contribution in [0.5, 0.6) is 0 Å². The van der Waals surface area contributed by atoms with E-state index in [0.717, 1.165) is 12.0 Å². The summed E-state index contributed by atoms with van der Waals surface area (Å²) >= 11 is 0. The molecule has 5 heteroatoms. The Bertz CT molecular complexity index is 434. The summed E-state index contributed by atoms with van der Waals surface area (Å²) in [4.78, 5) is 23.2. The van der Waals surface area contributed by atoms with Crippen molar-refractivity contribution in [1.29, 1.82) is 0 Å². The fraction of sp³-hybridized carbons (Fsp3) is 0.500. The van der Waals surface area contributed by atoms with Crippen LogP contribution in [0.25, 0.3) is 0 Å². The highest BCUT2D eigenvalue weighted by atomic mass is 16.5. The number of carbonyl (C=O) groups is 2. The second-order valence-electron chi connectivity index (χ2n) is 4.77. The zero-order chi connectivity index (χ0) is 15.5. The highest BCUT2D eigenvalue weighted by Gasteiger charge is 2.16. The van der Waals surface area contributed by atoms with Gasteiger partial charge in [0.25, 0.3) is 0 Å². The third-order valence-electron chi connectivity index (χ3n) is 2.96. The van der Waals surface area contributed by atoms with E-state index in [4.69, 9.17) is 4.74 Å². The Hall–Kier alpha value is -1.88. The maximum absolute atomic E-state index is 11.9. The van der Waals surface area contributed by atoms with Gasteiger partial charge >= 0.3 is 0 Å². The first-order valence-electron chi connectivity index (χ1n) is 7.30. The second kappa shape index (κ2) is 9.94. The Morgan fingerprint density at radius 2 is 1.95 bits per heavy atom. The van der Waals surface area contributed by atoms with Crippen LogP contribution in [-0.2, 0) is 14.3 Å². The van der Waals surface area contributed by atoms with Crippen molar-refractivity contribution in [1.82, 2.24) is 10.6 Å². The number of hydrogen-bond acceptors (Lipinski definition) is 3. The lowest BCUT2D eigenvalue weighted by atomic mass is 10.0. The van der Waals surface area contributed by atoms with Crippen LogP contribution < -0.4 is 10.6 Å². The van der Waals surface area contributed by atoms with Gasteiger partial charge in [-0.3, -0.25) is 9.59 Å². The Morgan fingerprint density at radius 3 is 2.57 bits per heavy atom. The van der Waals surface area contributed by atoms with Gasteiger partial charge in [0.05, 0.1) is 12.5 Å². The molecule has 0 saturated heterocycles. The molecule has 5 nitrogen and oxygen atoms in total. The first kappa shape index (κ1) is 17.2. The first-order valence-corrected chi connectivity index (χ1v) is 7.30. The highest BCUT2D eigenvalue weighted by Crippen LogP contribution is 2.16. The molecule has 0 aliphatic heterocycles. The molecule has 0 heterocycles. The molecule has 0 spiro atoms. The van der Waals surface area contributed by atoms with Crippen molar-refractivity contribution in [2.45, 2.75) is 32.7 Å². The zero-order valence-corrected chi connectivity index (χ0v) is 12.7. The Kier molecular flexibility index (Phi) is 8.12. The summed E-state index contributed by atoms with van der Waals surface area (Å²) < 4.78 is 5.21. The molecule has 2 N–H and O–H groups in total.